The molecule has 0 unspecified atom stereocenters. The average molecular weight is 1710 g/mol. The van der Waals surface area contributed by atoms with Gasteiger partial charge < -0.3 is 37.5 Å². The molecule has 0 saturated carbocycles. The Balaban J connectivity index is 0.000000155. The van der Waals surface area contributed by atoms with Gasteiger partial charge in [0.2, 0.25) is 5.95 Å². The Bertz CT molecular complexity index is 6130. The maximum atomic E-state index is 12.5. The monoisotopic (exact) mass is 1710 g/mol. The first kappa shape index (κ1) is 92.5. The molecular formula is C103H99N13O10S. The number of amides is 3. The maximum absolute atomic E-state index is 12.5. The predicted octanol–water partition coefficient (Wildman–Crippen LogP) is 19.1. The molecule has 0 radical (unpaired) electrons. The molecule has 23 nitrogen and oxygen atoms in total. The van der Waals surface area contributed by atoms with E-state index in [9.17, 15) is 38.4 Å². The first-order valence-corrected chi connectivity index (χ1v) is 42.4. The van der Waals surface area contributed by atoms with Crippen molar-refractivity contribution in [2.75, 3.05) is 16.8 Å². The molecule has 0 aliphatic carbocycles. The Hall–Kier alpha value is -15.2. The molecule has 10 N–H and O–H groups in total. The minimum absolute atomic E-state index is 0.00621. The van der Waals surface area contributed by atoms with Crippen molar-refractivity contribution in [3.63, 3.8) is 0 Å². The van der Waals surface area contributed by atoms with Crippen LogP contribution >= 0.6 is 11.3 Å². The van der Waals surface area contributed by atoms with Gasteiger partial charge in [0.05, 0.1) is 26.7 Å². The van der Waals surface area contributed by atoms with Crippen LogP contribution in [0, 0.1) is 0 Å². The Morgan fingerprint density at radius 3 is 1.57 bits per heavy atom. The molecule has 0 saturated heterocycles. The Morgan fingerprint density at radius 1 is 0.402 bits per heavy atom. The molecule has 0 aliphatic rings. The maximum Gasteiger partial charge on any atom is 0.407 e. The van der Waals surface area contributed by atoms with Crippen LogP contribution in [0.3, 0.4) is 0 Å². The number of carbonyl (C=O) groups excluding carboxylic acids is 8. The predicted molar refractivity (Wildman–Crippen MR) is 499 cm³/mol. The number of fused-ring (bicyclic) bond motifs is 2. The Labute approximate surface area is 741 Å². The number of nitrogens with two attached hydrogens (primary N) is 2. The standard InChI is InChI=1S/C24H21N5O.C22H21N3O3.C21H19NO2.C18H17N3O2S.C18H21NO2/c25-21-6-2-1-4-19(21)14-23(30)18-9-7-17(8-10-18)15-28-24-27-13-11-22(29-24)20-5-3-12-26-16-20;23-20-6-2-1-5-19(20)12-21(26)18-9-7-16(8-10-18)14-25-22(27)28-15-17-4-3-11-24-13-17;1-2-20(23)17-9-7-15(8-10-17)14-22-21(24)19-12-11-16-5-3-4-6-18(16)13-19;22-18(21-23)17-9-8-16(24-17)15-7-6-14(12-20-15)11-19-10-13-4-2-1-3-5-13;1-2-16(20)8-4-5-9-17(21)12-14-11-15-7-3-6-10-18(15)19-13-14/h1-13,16H,14-15,25H2,(H,27,28,29);1-11,13H,12,14-15,23H2,(H,25,27);3-13H,2,14H2,1H3,(H,22,24);1-9,12,19,23H,10-11H2,(H,21,22);3,6-7,10-11,13H,2,4-5,8-9,12H2,1H3. The number of ether oxygens (including phenoxy) is 1. The largest absolute Gasteiger partial charge is 0.445 e. The number of hydrogen-bond acceptors (Lipinski definition) is 21. The summed E-state index contributed by atoms with van der Waals surface area (Å²) in [7, 11) is 0. The topological polar surface area (TPSA) is 356 Å². The quantitative estimate of drug-likeness (QED) is 0.00622. The van der Waals surface area contributed by atoms with Gasteiger partial charge in [0.15, 0.2) is 17.3 Å². The van der Waals surface area contributed by atoms with Gasteiger partial charge in [0.25, 0.3) is 11.8 Å². The molecule has 0 atom stereocenters. The highest BCUT2D eigenvalue weighted by Crippen LogP contribution is 2.28. The number of nitrogens with zero attached hydrogens (tertiary/aromatic N) is 6. The van der Waals surface area contributed by atoms with E-state index < -0.39 is 12.0 Å². The van der Waals surface area contributed by atoms with Crippen LogP contribution in [0.15, 0.2) is 322 Å². The van der Waals surface area contributed by atoms with Crippen LogP contribution in [-0.2, 0) is 72.9 Å². The number of unbranched alkanes of at least 4 members (excludes halogenated alkanes) is 1. The van der Waals surface area contributed by atoms with Crippen molar-refractivity contribution in [3.05, 3.63) is 400 Å². The van der Waals surface area contributed by atoms with Crippen molar-refractivity contribution < 1.29 is 48.3 Å². The molecule has 6 heterocycles. The second kappa shape index (κ2) is 49.2. The second-order valence-corrected chi connectivity index (χ2v) is 30.5. The first-order chi connectivity index (χ1) is 61.9. The lowest BCUT2D eigenvalue weighted by atomic mass is 10.0. The number of ketones is 5. The molecule has 0 fully saturated rings. The molecular weight excluding hydrogens is 1610 g/mol. The minimum Gasteiger partial charge on any atom is -0.445 e. The van der Waals surface area contributed by atoms with Gasteiger partial charge in [0, 0.05) is 171 Å². The van der Waals surface area contributed by atoms with E-state index >= 15 is 0 Å². The number of Topliss-reactive ketones (excluding diaryl/α,β-unsaturated/α-hetero) is 5. The summed E-state index contributed by atoms with van der Waals surface area (Å²) < 4.78 is 5.13. The average Bonchev–Trinajstić information content (AvgIpc) is 1.84. The van der Waals surface area contributed by atoms with E-state index in [1.54, 1.807) is 73.0 Å². The number of aromatic nitrogens is 6. The number of anilines is 3. The zero-order valence-corrected chi connectivity index (χ0v) is 71.4. The third kappa shape index (κ3) is 30.1. The van der Waals surface area contributed by atoms with Crippen LogP contribution < -0.4 is 38.2 Å². The Morgan fingerprint density at radius 2 is 0.953 bits per heavy atom. The van der Waals surface area contributed by atoms with Crippen LogP contribution in [0.5, 0.6) is 0 Å². The van der Waals surface area contributed by atoms with Crippen molar-refractivity contribution in [1.29, 1.82) is 0 Å². The highest BCUT2D eigenvalue weighted by Gasteiger charge is 2.16. The first-order valence-electron chi connectivity index (χ1n) is 41.6. The van der Waals surface area contributed by atoms with E-state index in [2.05, 4.69) is 63.3 Å². The molecule has 15 rings (SSSR count). The van der Waals surface area contributed by atoms with E-state index in [-0.39, 0.29) is 47.9 Å². The highest BCUT2D eigenvalue weighted by molar-refractivity contribution is 7.17. The number of benzene rings is 9. The van der Waals surface area contributed by atoms with Crippen LogP contribution in [0.1, 0.15) is 154 Å². The van der Waals surface area contributed by atoms with Crippen molar-refractivity contribution >= 4 is 97.2 Å². The lowest BCUT2D eigenvalue weighted by molar-refractivity contribution is -0.120. The summed E-state index contributed by atoms with van der Waals surface area (Å²) in [6.07, 6.45) is 16.4. The molecule has 6 aromatic heterocycles. The number of pyridine rings is 4. The lowest BCUT2D eigenvalue weighted by Crippen LogP contribution is -2.23. The summed E-state index contributed by atoms with van der Waals surface area (Å²) in [6, 6.07) is 87.4. The number of hydrogen-bond donors (Lipinski definition) is 8. The van der Waals surface area contributed by atoms with Gasteiger partial charge in [-0.05, 0) is 147 Å². The van der Waals surface area contributed by atoms with E-state index in [1.165, 1.54) is 16.9 Å². The summed E-state index contributed by atoms with van der Waals surface area (Å²) in [6.45, 7) is 6.74. The van der Waals surface area contributed by atoms with Gasteiger partial charge in [-0.15, -0.1) is 11.3 Å². The smallest absolute Gasteiger partial charge is 0.407 e. The van der Waals surface area contributed by atoms with Crippen molar-refractivity contribution in [1.82, 2.24) is 51.3 Å². The molecule has 0 spiro atoms. The number of carbonyl (C=O) groups is 8. The van der Waals surface area contributed by atoms with E-state index in [4.69, 9.17) is 21.4 Å². The number of alkyl carbamates (subject to hydrolysis) is 1. The number of hydroxylamine groups is 1. The fourth-order valence-electron chi connectivity index (χ4n) is 13.0. The second-order valence-electron chi connectivity index (χ2n) is 29.5. The molecule has 15 aromatic rings. The van der Waals surface area contributed by atoms with Crippen molar-refractivity contribution in [2.45, 2.75) is 111 Å². The zero-order chi connectivity index (χ0) is 89.3. The summed E-state index contributed by atoms with van der Waals surface area (Å²) >= 11 is 1.29. The van der Waals surface area contributed by atoms with Gasteiger partial charge in [0.1, 0.15) is 18.2 Å². The molecule has 642 valence electrons. The number of nitrogen functional groups attached to an aromatic ring is 2. The van der Waals surface area contributed by atoms with E-state index in [0.29, 0.717) is 103 Å². The third-order valence-corrected chi connectivity index (χ3v) is 21.2. The van der Waals surface area contributed by atoms with Crippen LogP contribution in [0.25, 0.3) is 43.5 Å². The van der Waals surface area contributed by atoms with Crippen molar-refractivity contribution in [2.24, 2.45) is 0 Å². The number of rotatable bonds is 33. The van der Waals surface area contributed by atoms with Crippen LogP contribution in [0.2, 0.25) is 0 Å². The minimum atomic E-state index is -0.511. The van der Waals surface area contributed by atoms with Crippen molar-refractivity contribution in [3.8, 4) is 21.8 Å². The number of para-hydroxylation sites is 3. The van der Waals surface area contributed by atoms with Crippen LogP contribution in [-0.4, -0.2) is 81.9 Å². The third-order valence-electron chi connectivity index (χ3n) is 20.1. The normalized spacial score (nSPS) is 10.5. The zero-order valence-electron chi connectivity index (χ0n) is 70.6. The van der Waals surface area contributed by atoms with Crippen LogP contribution in [0.4, 0.5) is 22.1 Å². The fourth-order valence-corrected chi connectivity index (χ4v) is 13.8. The molecule has 24 heteroatoms. The van der Waals surface area contributed by atoms with E-state index in [1.807, 2.05) is 257 Å². The lowest BCUT2D eigenvalue weighted by Gasteiger charge is -2.08. The summed E-state index contributed by atoms with van der Waals surface area (Å²) in [5.41, 5.74) is 29.5. The van der Waals surface area contributed by atoms with Gasteiger partial charge in [-0.2, -0.15) is 0 Å². The summed E-state index contributed by atoms with van der Waals surface area (Å²) in [5.74, 6) is 0.589. The summed E-state index contributed by atoms with van der Waals surface area (Å²) in [5, 5.41) is 24.1. The van der Waals surface area contributed by atoms with Gasteiger partial charge >= 0.3 is 6.09 Å². The fraction of sp³-hybridized carbons (Fsp3) is 0.165. The molecule has 9 aromatic carbocycles. The van der Waals surface area contributed by atoms with E-state index in [0.717, 1.165) is 114 Å². The molecule has 127 heavy (non-hydrogen) atoms. The Kier molecular flexibility index (Phi) is 35.8. The van der Waals surface area contributed by atoms with Gasteiger partial charge in [-0.3, -0.25) is 58.7 Å². The molecule has 0 aliphatic heterocycles. The molecule has 3 amide bonds. The molecule has 0 bridgehead atoms. The van der Waals surface area contributed by atoms with Gasteiger partial charge in [-0.25, -0.2) is 20.2 Å². The van der Waals surface area contributed by atoms with Gasteiger partial charge in [-0.1, -0.05) is 214 Å². The SMILES string of the molecule is CCC(=O)CCCCC(=O)Cc1cnc2ccccc2c1.CCC(=O)c1ccc(CNC(=O)c2ccc3ccccc3c2)cc1.Nc1ccccc1CC(=O)c1ccc(CNC(=O)OCc2cccnc2)cc1.Nc1ccccc1CC(=O)c1ccc(CNc2nccc(-c3cccnc3)n2)cc1.O=C(NO)c1ccc(-c2ccc(CNCc3ccccc3)cn2)s1. The highest BCUT2D eigenvalue weighted by atomic mass is 32.1. The number of thiophene rings is 1. The number of nitrogens with one attached hydrogen (secondary N) is 5. The summed E-state index contributed by atoms with van der Waals surface area (Å²) in [4.78, 5) is 122.